The summed E-state index contributed by atoms with van der Waals surface area (Å²) in [6.07, 6.45) is 2.42. The number of carbonyl (C=O) groups excluding carboxylic acids is 2. The molecule has 0 spiro atoms. The van der Waals surface area contributed by atoms with Gasteiger partial charge in [0.2, 0.25) is 6.41 Å². The van der Waals surface area contributed by atoms with Gasteiger partial charge in [-0.2, -0.15) is 5.10 Å². The van der Waals surface area contributed by atoms with Crippen LogP contribution in [0.1, 0.15) is 28.2 Å². The Hall–Kier alpha value is -4.07. The van der Waals surface area contributed by atoms with Crippen LogP contribution in [0, 0.1) is 0 Å². The number of carbonyl (C=O) groups is 2. The number of hydrogen-bond acceptors (Lipinski definition) is 4. The van der Waals surface area contributed by atoms with Crippen molar-refractivity contribution in [2.24, 2.45) is 5.73 Å². The van der Waals surface area contributed by atoms with E-state index in [1.807, 2.05) is 54.6 Å². The summed E-state index contributed by atoms with van der Waals surface area (Å²) in [5.41, 5.74) is 9.89. The second-order valence-electron chi connectivity index (χ2n) is 7.52. The van der Waals surface area contributed by atoms with Gasteiger partial charge in [0, 0.05) is 17.7 Å². The Morgan fingerprint density at radius 3 is 2.55 bits per heavy atom. The first-order valence-electron chi connectivity index (χ1n) is 10.1. The van der Waals surface area contributed by atoms with Gasteiger partial charge in [-0.1, -0.05) is 18.2 Å². The van der Waals surface area contributed by atoms with Gasteiger partial charge in [-0.05, 0) is 49.2 Å². The highest BCUT2D eigenvalue weighted by molar-refractivity contribution is 5.98. The molecule has 0 saturated heterocycles. The highest BCUT2D eigenvalue weighted by atomic mass is 16.5. The number of rotatable bonds is 5. The summed E-state index contributed by atoms with van der Waals surface area (Å²) >= 11 is 0. The fourth-order valence-electron chi connectivity index (χ4n) is 4.01. The molecule has 0 radical (unpaired) electrons. The van der Waals surface area contributed by atoms with Crippen LogP contribution in [-0.2, 0) is 17.8 Å². The lowest BCUT2D eigenvalue weighted by molar-refractivity contribution is -0.118. The molecule has 0 fully saturated rings. The summed E-state index contributed by atoms with van der Waals surface area (Å²) in [5.74, 6) is 0.854. The maximum Gasteiger partial charge on any atom is 0.269 e. The van der Waals surface area contributed by atoms with E-state index < -0.39 is 5.91 Å². The molecule has 0 bridgehead atoms. The summed E-state index contributed by atoms with van der Waals surface area (Å²) < 4.78 is 7.42. The Morgan fingerprint density at radius 2 is 1.84 bits per heavy atom. The third kappa shape index (κ3) is 3.42. The Labute approximate surface area is 178 Å². The molecular formula is C23H21N5O3. The van der Waals surface area contributed by atoms with Crippen LogP contribution in [-0.4, -0.2) is 38.4 Å². The van der Waals surface area contributed by atoms with Crippen LogP contribution in [0.2, 0.25) is 0 Å². The molecule has 31 heavy (non-hydrogen) atoms. The van der Waals surface area contributed by atoms with E-state index in [1.165, 1.54) is 0 Å². The molecule has 156 valence electrons. The van der Waals surface area contributed by atoms with Gasteiger partial charge in [0.05, 0.1) is 17.9 Å². The molecule has 2 aromatic heterocycles. The highest BCUT2D eigenvalue weighted by Crippen LogP contribution is 2.31. The molecule has 8 heteroatoms. The average Bonchev–Trinajstić information content (AvgIpc) is 3.23. The quantitative estimate of drug-likeness (QED) is 0.489. The highest BCUT2D eigenvalue weighted by Gasteiger charge is 2.26. The molecule has 0 atom stereocenters. The minimum Gasteiger partial charge on any atom is -0.457 e. The van der Waals surface area contributed by atoms with Crippen LogP contribution in [0.25, 0.3) is 16.9 Å². The maximum atomic E-state index is 12.3. The van der Waals surface area contributed by atoms with Gasteiger partial charge in [0.1, 0.15) is 17.1 Å². The number of aromatic amines is 1. The lowest BCUT2D eigenvalue weighted by Crippen LogP contribution is -2.21. The zero-order valence-electron chi connectivity index (χ0n) is 16.7. The Bertz CT molecular complexity index is 1260. The largest absolute Gasteiger partial charge is 0.457 e. The van der Waals surface area contributed by atoms with E-state index >= 15 is 0 Å². The van der Waals surface area contributed by atoms with Gasteiger partial charge in [-0.3, -0.25) is 9.59 Å². The molecule has 0 saturated carbocycles. The molecular weight excluding hydrogens is 394 g/mol. The van der Waals surface area contributed by atoms with E-state index in [0.29, 0.717) is 30.2 Å². The number of nitrogens with one attached hydrogen (secondary N) is 1. The number of para-hydroxylation sites is 1. The van der Waals surface area contributed by atoms with Crippen LogP contribution in [0.3, 0.4) is 0 Å². The van der Waals surface area contributed by atoms with E-state index in [1.54, 1.807) is 9.42 Å². The van der Waals surface area contributed by atoms with Gasteiger partial charge in [0.25, 0.3) is 5.91 Å². The average molecular weight is 415 g/mol. The van der Waals surface area contributed by atoms with Gasteiger partial charge in [0.15, 0.2) is 5.69 Å². The summed E-state index contributed by atoms with van der Waals surface area (Å²) in [6, 6.07) is 16.9. The molecule has 0 unspecified atom stereocenters. The zero-order chi connectivity index (χ0) is 21.4. The van der Waals surface area contributed by atoms with Crippen molar-refractivity contribution in [3.63, 3.8) is 0 Å². The number of H-pyrrole nitrogens is 1. The van der Waals surface area contributed by atoms with Crippen LogP contribution < -0.4 is 10.5 Å². The lowest BCUT2D eigenvalue weighted by Gasteiger charge is -2.12. The molecule has 8 nitrogen and oxygen atoms in total. The zero-order valence-corrected chi connectivity index (χ0v) is 16.7. The van der Waals surface area contributed by atoms with Gasteiger partial charge >= 0.3 is 0 Å². The van der Waals surface area contributed by atoms with Crippen LogP contribution >= 0.6 is 0 Å². The third-order valence-electron chi connectivity index (χ3n) is 5.48. The normalized spacial score (nSPS) is 13.6. The molecule has 2 aromatic carbocycles. The SMILES string of the molecule is NC(=O)c1c(-c2ccc(Oc3ccccc3)cc2)[nH]c2c3c(nn12)CCCN(C=O)C3. The van der Waals surface area contributed by atoms with Crippen molar-refractivity contribution in [2.45, 2.75) is 19.4 Å². The topological polar surface area (TPSA) is 106 Å². The van der Waals surface area contributed by atoms with Crippen molar-refractivity contribution < 1.29 is 14.3 Å². The standard InChI is InChI=1S/C23H21N5O3/c24-22(30)21-20(15-8-10-17(11-9-15)31-16-5-2-1-3-6-16)25-23-18-13-27(14-29)12-4-7-19(18)26-28(21)23/h1-3,5-6,8-11,14,25H,4,7,12-13H2,(H2,24,30). The van der Waals surface area contributed by atoms with Crippen molar-refractivity contribution in [3.8, 4) is 22.8 Å². The van der Waals surface area contributed by atoms with Crippen LogP contribution in [0.4, 0.5) is 0 Å². The van der Waals surface area contributed by atoms with Crippen molar-refractivity contribution in [3.05, 3.63) is 71.5 Å². The van der Waals surface area contributed by atoms with E-state index in [0.717, 1.165) is 41.8 Å². The van der Waals surface area contributed by atoms with E-state index in [2.05, 4.69) is 10.1 Å². The Kier molecular flexibility index (Phi) is 4.66. The minimum absolute atomic E-state index is 0.289. The molecule has 3 heterocycles. The molecule has 2 amide bonds. The summed E-state index contributed by atoms with van der Waals surface area (Å²) in [4.78, 5) is 28.7. The van der Waals surface area contributed by atoms with E-state index in [9.17, 15) is 9.59 Å². The van der Waals surface area contributed by atoms with Crippen molar-refractivity contribution in [1.82, 2.24) is 19.5 Å². The number of imidazole rings is 1. The fourth-order valence-corrected chi connectivity index (χ4v) is 4.01. The number of nitrogens with zero attached hydrogens (tertiary/aromatic N) is 3. The predicted octanol–water partition coefficient (Wildman–Crippen LogP) is 3.13. The van der Waals surface area contributed by atoms with E-state index in [4.69, 9.17) is 10.5 Å². The first kappa shape index (κ1) is 18.9. The number of benzene rings is 2. The predicted molar refractivity (Wildman–Crippen MR) is 115 cm³/mol. The minimum atomic E-state index is -0.573. The van der Waals surface area contributed by atoms with Crippen LogP contribution in [0.5, 0.6) is 11.5 Å². The van der Waals surface area contributed by atoms with Crippen molar-refractivity contribution in [2.75, 3.05) is 6.54 Å². The molecule has 3 N–H and O–H groups in total. The second-order valence-corrected chi connectivity index (χ2v) is 7.52. The first-order chi connectivity index (χ1) is 15.1. The number of primary amides is 1. The van der Waals surface area contributed by atoms with Gasteiger partial charge < -0.3 is 20.4 Å². The number of nitrogens with two attached hydrogens (primary N) is 1. The van der Waals surface area contributed by atoms with Gasteiger partial charge in [-0.15, -0.1) is 0 Å². The van der Waals surface area contributed by atoms with Crippen molar-refractivity contribution >= 4 is 18.0 Å². The number of hydrogen-bond donors (Lipinski definition) is 2. The number of ether oxygens (including phenoxy) is 1. The van der Waals surface area contributed by atoms with Gasteiger partial charge in [-0.25, -0.2) is 4.52 Å². The summed E-state index contributed by atoms with van der Waals surface area (Å²) in [6.45, 7) is 1.13. The lowest BCUT2D eigenvalue weighted by atomic mass is 10.1. The summed E-state index contributed by atoms with van der Waals surface area (Å²) in [7, 11) is 0. The maximum absolute atomic E-state index is 12.3. The summed E-state index contributed by atoms with van der Waals surface area (Å²) in [5, 5.41) is 4.64. The van der Waals surface area contributed by atoms with Crippen molar-refractivity contribution in [1.29, 1.82) is 0 Å². The molecule has 4 aromatic rings. The third-order valence-corrected chi connectivity index (χ3v) is 5.48. The first-order valence-corrected chi connectivity index (χ1v) is 10.1. The van der Waals surface area contributed by atoms with E-state index in [-0.39, 0.29) is 5.69 Å². The number of fused-ring (bicyclic) bond motifs is 3. The molecule has 0 aliphatic carbocycles. The molecule has 1 aliphatic rings. The monoisotopic (exact) mass is 415 g/mol. The number of aryl methyl sites for hydroxylation is 1. The fraction of sp³-hybridized carbons (Fsp3) is 0.174. The molecule has 5 rings (SSSR count). The Balaban J connectivity index is 1.54. The Morgan fingerprint density at radius 1 is 1.10 bits per heavy atom. The number of aromatic nitrogens is 3. The smallest absolute Gasteiger partial charge is 0.269 e. The molecule has 1 aliphatic heterocycles. The second kappa shape index (κ2) is 7.64. The van der Waals surface area contributed by atoms with Crippen LogP contribution in [0.15, 0.2) is 54.6 Å². The number of amides is 2.